The first-order valence-corrected chi connectivity index (χ1v) is 10.0. The fraction of sp³-hybridized carbons (Fsp3) is 0.478. The number of H-pyrrole nitrogens is 1. The van der Waals surface area contributed by atoms with Crippen molar-refractivity contribution < 1.29 is 14.7 Å². The Bertz CT molecular complexity index is 848. The number of Topliss-reactive ketones (excluding diaryl/α,β-unsaturated/α-hetero) is 2. The number of likely N-dealkylation sites (tertiary alicyclic amines) is 1. The first-order valence-electron chi connectivity index (χ1n) is 10.0. The second-order valence-electron chi connectivity index (χ2n) is 7.95. The largest absolute Gasteiger partial charge is 0.388 e. The number of carbonyl (C=O) groups excluding carboxylic acids is 2. The van der Waals surface area contributed by atoms with Crippen LogP contribution in [0.3, 0.4) is 0 Å². The summed E-state index contributed by atoms with van der Waals surface area (Å²) in [5, 5.41) is 10.7. The molecule has 1 saturated heterocycles. The zero-order valence-electron chi connectivity index (χ0n) is 17.2. The molecule has 150 valence electrons. The Morgan fingerprint density at radius 1 is 1.14 bits per heavy atom. The number of piperidine rings is 1. The van der Waals surface area contributed by atoms with Crippen molar-refractivity contribution in [1.82, 2.24) is 9.88 Å². The highest BCUT2D eigenvalue weighted by molar-refractivity contribution is 6.05. The fourth-order valence-electron chi connectivity index (χ4n) is 4.44. The molecule has 2 heterocycles. The van der Waals surface area contributed by atoms with Crippen LogP contribution in [0, 0.1) is 19.8 Å². The van der Waals surface area contributed by atoms with Gasteiger partial charge in [-0.25, -0.2) is 0 Å². The number of aryl methyl sites for hydroxylation is 1. The Balaban J connectivity index is 1.65. The Morgan fingerprint density at radius 3 is 2.29 bits per heavy atom. The lowest BCUT2D eigenvalue weighted by molar-refractivity contribution is 0.0442. The molecule has 2 atom stereocenters. The van der Waals surface area contributed by atoms with Gasteiger partial charge in [0.05, 0.1) is 17.8 Å². The number of aliphatic hydroxyl groups excluding tert-OH is 1. The molecule has 1 aromatic heterocycles. The smallest absolute Gasteiger partial charge is 0.196 e. The van der Waals surface area contributed by atoms with Gasteiger partial charge in [-0.3, -0.25) is 14.5 Å². The van der Waals surface area contributed by atoms with E-state index in [-0.39, 0.29) is 23.5 Å². The number of aromatic nitrogens is 1. The van der Waals surface area contributed by atoms with Crippen molar-refractivity contribution in [3.8, 4) is 0 Å². The SMILES string of the molecule is CC(=O)c1c(C)[nH]c(C(=O)C(C)N2CCC(C(O)c3ccccc3)CC2)c1C. The van der Waals surface area contributed by atoms with Gasteiger partial charge in [0.1, 0.15) is 0 Å². The molecule has 0 bridgehead atoms. The van der Waals surface area contributed by atoms with Gasteiger partial charge >= 0.3 is 0 Å². The van der Waals surface area contributed by atoms with E-state index >= 15 is 0 Å². The Morgan fingerprint density at radius 2 is 1.75 bits per heavy atom. The lowest BCUT2D eigenvalue weighted by Gasteiger charge is -2.37. The van der Waals surface area contributed by atoms with Crippen LogP contribution < -0.4 is 0 Å². The molecule has 0 radical (unpaired) electrons. The Hall–Kier alpha value is -2.24. The maximum Gasteiger partial charge on any atom is 0.196 e. The number of ketones is 2. The van der Waals surface area contributed by atoms with E-state index in [2.05, 4.69) is 9.88 Å². The van der Waals surface area contributed by atoms with Crippen molar-refractivity contribution in [3.05, 3.63) is 58.4 Å². The number of aliphatic hydroxyl groups is 1. The van der Waals surface area contributed by atoms with Crippen LogP contribution in [-0.2, 0) is 0 Å². The van der Waals surface area contributed by atoms with Gasteiger partial charge in [-0.05, 0) is 70.7 Å². The van der Waals surface area contributed by atoms with Crippen LogP contribution in [0.15, 0.2) is 30.3 Å². The molecule has 1 fully saturated rings. The molecule has 5 nitrogen and oxygen atoms in total. The molecular formula is C23H30N2O3. The molecule has 2 N–H and O–H groups in total. The van der Waals surface area contributed by atoms with Crippen LogP contribution in [-0.4, -0.2) is 45.7 Å². The van der Waals surface area contributed by atoms with E-state index in [0.29, 0.717) is 11.3 Å². The second kappa shape index (κ2) is 8.41. The number of rotatable bonds is 6. The third kappa shape index (κ3) is 3.96. The third-order valence-electron chi connectivity index (χ3n) is 6.12. The molecule has 0 amide bonds. The van der Waals surface area contributed by atoms with Gasteiger partial charge in [0, 0.05) is 11.3 Å². The van der Waals surface area contributed by atoms with E-state index in [1.807, 2.05) is 51.1 Å². The highest BCUT2D eigenvalue weighted by atomic mass is 16.3. The standard InChI is InChI=1S/C23H30N2O3/c1-14-20(17(4)26)15(2)24-21(14)22(27)16(3)25-12-10-19(11-13-25)23(28)18-8-6-5-7-9-18/h5-9,16,19,23-24,28H,10-13H2,1-4H3. The summed E-state index contributed by atoms with van der Waals surface area (Å²) in [6.07, 6.45) is 1.25. The maximum atomic E-state index is 13.1. The van der Waals surface area contributed by atoms with Crippen LogP contribution in [0.5, 0.6) is 0 Å². The lowest BCUT2D eigenvalue weighted by atomic mass is 9.86. The predicted octanol–water partition coefficient (Wildman–Crippen LogP) is 3.85. The molecule has 2 unspecified atom stereocenters. The molecule has 0 spiro atoms. The summed E-state index contributed by atoms with van der Waals surface area (Å²) < 4.78 is 0. The Labute approximate surface area is 166 Å². The summed E-state index contributed by atoms with van der Waals surface area (Å²) in [6.45, 7) is 8.69. The molecule has 1 aromatic carbocycles. The molecule has 0 saturated carbocycles. The zero-order chi connectivity index (χ0) is 20.4. The summed E-state index contributed by atoms with van der Waals surface area (Å²) >= 11 is 0. The highest BCUT2D eigenvalue weighted by Crippen LogP contribution is 2.31. The first-order chi connectivity index (χ1) is 13.3. The van der Waals surface area contributed by atoms with Crippen molar-refractivity contribution in [3.63, 3.8) is 0 Å². The minimum Gasteiger partial charge on any atom is -0.388 e. The number of nitrogens with zero attached hydrogens (tertiary/aromatic N) is 1. The van der Waals surface area contributed by atoms with E-state index in [4.69, 9.17) is 0 Å². The number of hydrogen-bond acceptors (Lipinski definition) is 4. The van der Waals surface area contributed by atoms with Gasteiger partial charge in [0.2, 0.25) is 0 Å². The Kier molecular flexibility index (Phi) is 6.16. The average molecular weight is 383 g/mol. The molecule has 0 aliphatic carbocycles. The summed E-state index contributed by atoms with van der Waals surface area (Å²) in [7, 11) is 0. The predicted molar refractivity (Wildman–Crippen MR) is 110 cm³/mol. The monoisotopic (exact) mass is 382 g/mol. The number of aromatic amines is 1. The van der Waals surface area contributed by atoms with E-state index in [1.165, 1.54) is 6.92 Å². The number of nitrogens with one attached hydrogen (secondary N) is 1. The first kappa shape index (κ1) is 20.5. The molecule has 28 heavy (non-hydrogen) atoms. The zero-order valence-corrected chi connectivity index (χ0v) is 17.2. The van der Waals surface area contributed by atoms with Crippen molar-refractivity contribution >= 4 is 11.6 Å². The van der Waals surface area contributed by atoms with Gasteiger partial charge in [0.15, 0.2) is 11.6 Å². The van der Waals surface area contributed by atoms with Crippen molar-refractivity contribution in [2.24, 2.45) is 5.92 Å². The number of carbonyl (C=O) groups is 2. The normalized spacial score (nSPS) is 18.0. The molecular weight excluding hydrogens is 352 g/mol. The van der Waals surface area contributed by atoms with Crippen LogP contribution >= 0.6 is 0 Å². The van der Waals surface area contributed by atoms with Gasteiger partial charge in [0.25, 0.3) is 0 Å². The second-order valence-corrected chi connectivity index (χ2v) is 7.95. The molecule has 2 aromatic rings. The van der Waals surface area contributed by atoms with Gasteiger partial charge in [-0.2, -0.15) is 0 Å². The van der Waals surface area contributed by atoms with E-state index in [9.17, 15) is 14.7 Å². The van der Waals surface area contributed by atoms with Crippen LogP contribution in [0.25, 0.3) is 0 Å². The average Bonchev–Trinajstić information content (AvgIpc) is 3.01. The highest BCUT2D eigenvalue weighted by Gasteiger charge is 2.32. The maximum absolute atomic E-state index is 13.1. The van der Waals surface area contributed by atoms with Crippen LogP contribution in [0.1, 0.15) is 70.5 Å². The van der Waals surface area contributed by atoms with Crippen LogP contribution in [0.4, 0.5) is 0 Å². The van der Waals surface area contributed by atoms with E-state index in [0.717, 1.165) is 42.8 Å². The minimum absolute atomic E-state index is 0.0198. The minimum atomic E-state index is -0.458. The molecule has 3 rings (SSSR count). The summed E-state index contributed by atoms with van der Waals surface area (Å²) in [6, 6.07) is 9.52. The molecule has 1 aliphatic heterocycles. The molecule has 1 aliphatic rings. The summed E-state index contributed by atoms with van der Waals surface area (Å²) in [4.78, 5) is 30.2. The number of benzene rings is 1. The quantitative estimate of drug-likeness (QED) is 0.744. The van der Waals surface area contributed by atoms with Crippen molar-refractivity contribution in [1.29, 1.82) is 0 Å². The topological polar surface area (TPSA) is 73.4 Å². The van der Waals surface area contributed by atoms with Gasteiger partial charge < -0.3 is 10.1 Å². The number of hydrogen-bond donors (Lipinski definition) is 2. The molecule has 5 heteroatoms. The van der Waals surface area contributed by atoms with Gasteiger partial charge in [-0.15, -0.1) is 0 Å². The van der Waals surface area contributed by atoms with Crippen molar-refractivity contribution in [2.75, 3.05) is 13.1 Å². The van der Waals surface area contributed by atoms with Crippen molar-refractivity contribution in [2.45, 2.75) is 52.7 Å². The summed E-state index contributed by atoms with van der Waals surface area (Å²) in [5.74, 6) is 0.212. The third-order valence-corrected chi connectivity index (χ3v) is 6.12. The van der Waals surface area contributed by atoms with E-state index in [1.54, 1.807) is 0 Å². The van der Waals surface area contributed by atoms with Gasteiger partial charge in [-0.1, -0.05) is 30.3 Å². The summed E-state index contributed by atoms with van der Waals surface area (Å²) in [5.41, 5.74) is 3.63. The van der Waals surface area contributed by atoms with E-state index < -0.39 is 6.10 Å². The fourth-order valence-corrected chi connectivity index (χ4v) is 4.44. The van der Waals surface area contributed by atoms with Crippen LogP contribution in [0.2, 0.25) is 0 Å². The lowest BCUT2D eigenvalue weighted by Crippen LogP contribution is -2.45.